The van der Waals surface area contributed by atoms with Crippen LogP contribution in [0.2, 0.25) is 0 Å². The van der Waals surface area contributed by atoms with E-state index in [1.807, 2.05) is 0 Å². The molecule has 0 bridgehead atoms. The van der Waals surface area contributed by atoms with Gasteiger partial charge in [-0.1, -0.05) is 0 Å². The maximum atomic E-state index is 13.1. The number of nitrogens with two attached hydrogens (primary N) is 1. The maximum Gasteiger partial charge on any atom is 0.295 e. The van der Waals surface area contributed by atoms with E-state index < -0.39 is 28.6 Å². The largest absolute Gasteiger partial charge is 0.393 e. The molecule has 0 fully saturated rings. The molecule has 0 aromatic heterocycles. The quantitative estimate of drug-likeness (QED) is 0.275. The van der Waals surface area contributed by atoms with Gasteiger partial charge in [0.15, 0.2) is 0 Å². The Bertz CT molecular complexity index is 443. The zero-order valence-corrected chi connectivity index (χ0v) is 9.47. The zero-order chi connectivity index (χ0) is 13.2. The standard InChI is InChI=1S/C9H11FN2O4S/c10-4-1-5(9(14)7(13)3-17)8(11)6(2-4)12(15)16/h1-2,7,9,13-14,17H,3,11H2. The van der Waals surface area contributed by atoms with E-state index in [0.717, 1.165) is 6.07 Å². The first kappa shape index (κ1) is 13.7. The third-order valence-electron chi connectivity index (χ3n) is 2.22. The number of halogens is 1. The fourth-order valence-electron chi connectivity index (χ4n) is 1.33. The molecule has 8 heteroatoms. The predicted octanol–water partition coefficient (Wildman–Crippen LogP) is 0.640. The number of nitro benzene ring substituents is 1. The number of hydrogen-bond acceptors (Lipinski definition) is 6. The molecule has 0 spiro atoms. The topological polar surface area (TPSA) is 110 Å². The molecule has 0 aliphatic heterocycles. The van der Waals surface area contributed by atoms with E-state index in [1.165, 1.54) is 0 Å². The first-order chi connectivity index (χ1) is 7.88. The van der Waals surface area contributed by atoms with Crippen molar-refractivity contribution in [1.29, 1.82) is 0 Å². The average Bonchev–Trinajstić information content (AvgIpc) is 2.29. The molecule has 1 aromatic carbocycles. The van der Waals surface area contributed by atoms with Crippen molar-refractivity contribution in [2.24, 2.45) is 0 Å². The molecule has 0 aliphatic rings. The summed E-state index contributed by atoms with van der Waals surface area (Å²) in [6.45, 7) is 0. The summed E-state index contributed by atoms with van der Waals surface area (Å²) in [5.41, 5.74) is 4.20. The Morgan fingerprint density at radius 3 is 2.59 bits per heavy atom. The number of nitro groups is 1. The van der Waals surface area contributed by atoms with Crippen molar-refractivity contribution in [3.05, 3.63) is 33.6 Å². The highest BCUT2D eigenvalue weighted by molar-refractivity contribution is 7.80. The monoisotopic (exact) mass is 262 g/mol. The summed E-state index contributed by atoms with van der Waals surface area (Å²) in [4.78, 5) is 9.73. The lowest BCUT2D eigenvalue weighted by atomic mass is 10.0. The normalized spacial score (nSPS) is 14.4. The fourth-order valence-corrected chi connectivity index (χ4v) is 1.53. The van der Waals surface area contributed by atoms with E-state index >= 15 is 0 Å². The number of aliphatic hydroxyl groups is 2. The zero-order valence-electron chi connectivity index (χ0n) is 8.58. The minimum atomic E-state index is -1.53. The van der Waals surface area contributed by atoms with Crippen LogP contribution in [0.5, 0.6) is 0 Å². The van der Waals surface area contributed by atoms with E-state index in [-0.39, 0.29) is 17.0 Å². The first-order valence-corrected chi connectivity index (χ1v) is 5.22. The number of thiol groups is 1. The highest BCUT2D eigenvalue weighted by Gasteiger charge is 2.25. The van der Waals surface area contributed by atoms with Gasteiger partial charge in [-0.25, -0.2) is 4.39 Å². The van der Waals surface area contributed by atoms with Crippen LogP contribution >= 0.6 is 12.6 Å². The summed E-state index contributed by atoms with van der Waals surface area (Å²) >= 11 is 3.75. The molecule has 0 aliphatic carbocycles. The lowest BCUT2D eigenvalue weighted by molar-refractivity contribution is -0.384. The lowest BCUT2D eigenvalue weighted by Crippen LogP contribution is -2.21. The van der Waals surface area contributed by atoms with Crippen LogP contribution in [0.3, 0.4) is 0 Å². The van der Waals surface area contributed by atoms with Crippen LogP contribution in [0.15, 0.2) is 12.1 Å². The number of anilines is 1. The molecule has 4 N–H and O–H groups in total. The maximum absolute atomic E-state index is 13.1. The molecule has 0 saturated carbocycles. The third-order valence-corrected chi connectivity index (χ3v) is 2.60. The van der Waals surface area contributed by atoms with Gasteiger partial charge in [-0.05, 0) is 6.07 Å². The van der Waals surface area contributed by atoms with Crippen LogP contribution in [-0.4, -0.2) is 27.0 Å². The molecule has 94 valence electrons. The number of rotatable bonds is 4. The van der Waals surface area contributed by atoms with Crippen LogP contribution in [-0.2, 0) is 0 Å². The van der Waals surface area contributed by atoms with E-state index in [0.29, 0.717) is 6.07 Å². The molecule has 0 amide bonds. The van der Waals surface area contributed by atoms with Gasteiger partial charge in [-0.3, -0.25) is 10.1 Å². The Labute approximate surface area is 101 Å². The van der Waals surface area contributed by atoms with Crippen molar-refractivity contribution in [3.63, 3.8) is 0 Å². The number of benzene rings is 1. The number of aliphatic hydroxyl groups excluding tert-OH is 2. The Hall–Kier alpha value is -1.38. The molecular weight excluding hydrogens is 251 g/mol. The minimum Gasteiger partial charge on any atom is -0.393 e. The van der Waals surface area contributed by atoms with Crippen molar-refractivity contribution >= 4 is 24.0 Å². The van der Waals surface area contributed by atoms with Crippen molar-refractivity contribution < 1.29 is 19.5 Å². The van der Waals surface area contributed by atoms with Crippen LogP contribution in [0.4, 0.5) is 15.8 Å². The van der Waals surface area contributed by atoms with Gasteiger partial charge in [-0.15, -0.1) is 0 Å². The summed E-state index contributed by atoms with van der Waals surface area (Å²) in [5, 5.41) is 29.6. The molecule has 6 nitrogen and oxygen atoms in total. The van der Waals surface area contributed by atoms with Gasteiger partial charge in [-0.2, -0.15) is 12.6 Å². The second-order valence-corrected chi connectivity index (χ2v) is 3.74. The SMILES string of the molecule is Nc1c(C(O)C(O)CS)cc(F)cc1[N+](=O)[O-]. The summed E-state index contributed by atoms with van der Waals surface area (Å²) in [6, 6.07) is 1.50. The first-order valence-electron chi connectivity index (χ1n) is 4.58. The van der Waals surface area contributed by atoms with Crippen LogP contribution in [0.1, 0.15) is 11.7 Å². The Morgan fingerprint density at radius 2 is 2.12 bits per heavy atom. The van der Waals surface area contributed by atoms with E-state index in [1.54, 1.807) is 0 Å². The molecule has 17 heavy (non-hydrogen) atoms. The summed E-state index contributed by atoms with van der Waals surface area (Å²) in [5.74, 6) is -1.00. The highest BCUT2D eigenvalue weighted by atomic mass is 32.1. The molecule has 2 atom stereocenters. The van der Waals surface area contributed by atoms with Gasteiger partial charge < -0.3 is 15.9 Å². The fraction of sp³-hybridized carbons (Fsp3) is 0.333. The van der Waals surface area contributed by atoms with Gasteiger partial charge >= 0.3 is 0 Å². The Morgan fingerprint density at radius 1 is 1.53 bits per heavy atom. The van der Waals surface area contributed by atoms with E-state index in [4.69, 9.17) is 5.73 Å². The predicted molar refractivity (Wildman–Crippen MR) is 62.3 cm³/mol. The van der Waals surface area contributed by atoms with Gasteiger partial charge in [0.05, 0.1) is 17.1 Å². The number of hydrogen-bond donors (Lipinski definition) is 4. The molecule has 1 aromatic rings. The molecule has 1 rings (SSSR count). The Kier molecular flexibility index (Phi) is 4.27. The summed E-state index contributed by atoms with van der Waals surface area (Å²) in [7, 11) is 0. The Balaban J connectivity index is 3.29. The van der Waals surface area contributed by atoms with E-state index in [2.05, 4.69) is 12.6 Å². The van der Waals surface area contributed by atoms with Gasteiger partial charge in [0.2, 0.25) is 0 Å². The summed E-state index contributed by atoms with van der Waals surface area (Å²) in [6.07, 6.45) is -2.82. The van der Waals surface area contributed by atoms with Crippen molar-refractivity contribution in [1.82, 2.24) is 0 Å². The van der Waals surface area contributed by atoms with Gasteiger partial charge in [0.25, 0.3) is 5.69 Å². The van der Waals surface area contributed by atoms with Gasteiger partial charge in [0.1, 0.15) is 17.6 Å². The van der Waals surface area contributed by atoms with Crippen LogP contribution < -0.4 is 5.73 Å². The molecule has 2 unspecified atom stereocenters. The third kappa shape index (κ3) is 2.84. The van der Waals surface area contributed by atoms with E-state index in [9.17, 15) is 24.7 Å². The second-order valence-electron chi connectivity index (χ2n) is 3.38. The van der Waals surface area contributed by atoms with Crippen molar-refractivity contribution in [2.75, 3.05) is 11.5 Å². The lowest BCUT2D eigenvalue weighted by Gasteiger charge is -2.17. The molecule has 0 saturated heterocycles. The molecular formula is C9H11FN2O4S. The van der Waals surface area contributed by atoms with Crippen LogP contribution in [0.25, 0.3) is 0 Å². The van der Waals surface area contributed by atoms with Crippen molar-refractivity contribution in [3.8, 4) is 0 Å². The number of nitrogen functional groups attached to an aromatic ring is 1. The highest BCUT2D eigenvalue weighted by Crippen LogP contribution is 2.32. The number of nitrogens with zero attached hydrogens (tertiary/aromatic N) is 1. The average molecular weight is 262 g/mol. The van der Waals surface area contributed by atoms with Crippen molar-refractivity contribution in [2.45, 2.75) is 12.2 Å². The molecule has 0 radical (unpaired) electrons. The summed E-state index contributed by atoms with van der Waals surface area (Å²) < 4.78 is 13.1. The van der Waals surface area contributed by atoms with Gasteiger partial charge in [0, 0.05) is 11.3 Å². The van der Waals surface area contributed by atoms with Crippen LogP contribution in [0, 0.1) is 15.9 Å². The minimum absolute atomic E-state index is 0.0923. The molecule has 0 heterocycles. The smallest absolute Gasteiger partial charge is 0.295 e. The second kappa shape index (κ2) is 5.30.